The molecule has 0 aliphatic carbocycles. The third-order valence-corrected chi connectivity index (χ3v) is 1.96. The predicted octanol–water partition coefficient (Wildman–Crippen LogP) is 1.26. The first-order valence-corrected chi connectivity index (χ1v) is 4.32. The minimum absolute atomic E-state index is 0.0808. The van der Waals surface area contributed by atoms with Gasteiger partial charge in [-0.2, -0.15) is 0 Å². The van der Waals surface area contributed by atoms with E-state index in [4.69, 9.17) is 17.1 Å². The van der Waals surface area contributed by atoms with E-state index in [1.807, 2.05) is 5.32 Å². The summed E-state index contributed by atoms with van der Waals surface area (Å²) >= 11 is 5.62. The maximum Gasteiger partial charge on any atom is 0.317 e. The summed E-state index contributed by atoms with van der Waals surface area (Å²) in [6.07, 6.45) is 1.42. The number of aromatic nitrogens is 1. The van der Waals surface area contributed by atoms with E-state index >= 15 is 0 Å². The fraction of sp³-hybridized carbons (Fsp3) is 0.333. The minimum atomic E-state index is -2.43. The molecular formula is C9H10ClN3O. The smallest absolute Gasteiger partial charge is 0.317 e. The monoisotopic (exact) mass is 215 g/mol. The van der Waals surface area contributed by atoms with Crippen molar-refractivity contribution in [2.75, 3.05) is 13.0 Å². The normalized spacial score (nSPS) is 27.2. The molecular weight excluding hydrogens is 202 g/mol. The lowest BCUT2D eigenvalue weighted by Crippen LogP contribution is -2.27. The number of rotatable bonds is 2. The molecule has 0 saturated carbocycles. The molecule has 2 heterocycles. The van der Waals surface area contributed by atoms with E-state index in [1.165, 1.54) is 12.3 Å². The van der Waals surface area contributed by atoms with Crippen LogP contribution in [-0.2, 0) is 6.54 Å². The van der Waals surface area contributed by atoms with Crippen molar-refractivity contribution in [2.24, 2.45) is 0 Å². The number of carbonyl (C=O) groups is 1. The summed E-state index contributed by atoms with van der Waals surface area (Å²) in [7, 11) is 0. The molecule has 0 aromatic carbocycles. The maximum absolute atomic E-state index is 11.6. The van der Waals surface area contributed by atoms with Gasteiger partial charge < -0.3 is 10.2 Å². The first-order valence-electron chi connectivity index (χ1n) is 5.94. The molecule has 0 bridgehead atoms. The fourth-order valence-electron chi connectivity index (χ4n) is 1.06. The second kappa shape index (κ2) is 3.84. The van der Waals surface area contributed by atoms with Crippen molar-refractivity contribution in [3.05, 3.63) is 29.0 Å². The molecule has 1 aliphatic rings. The van der Waals surface area contributed by atoms with Crippen LogP contribution < -0.4 is 5.32 Å². The lowest BCUT2D eigenvalue weighted by Gasteiger charge is -2.13. The van der Waals surface area contributed by atoms with E-state index in [2.05, 4.69) is 4.98 Å². The first kappa shape index (κ1) is 5.56. The zero-order valence-corrected chi connectivity index (χ0v) is 7.88. The molecule has 0 atom stereocenters. The van der Waals surface area contributed by atoms with Gasteiger partial charge >= 0.3 is 6.03 Å². The Balaban J connectivity index is 2.24. The Labute approximate surface area is 92.5 Å². The van der Waals surface area contributed by atoms with Gasteiger partial charge in [0.15, 0.2) is 0 Å². The van der Waals surface area contributed by atoms with Crippen LogP contribution in [0.1, 0.15) is 11.0 Å². The number of hydrogen-bond acceptors (Lipinski definition) is 2. The molecule has 1 aromatic heterocycles. The van der Waals surface area contributed by atoms with Crippen molar-refractivity contribution in [1.82, 2.24) is 15.2 Å². The quantitative estimate of drug-likeness (QED) is 0.755. The second-order valence-electron chi connectivity index (χ2n) is 2.74. The lowest BCUT2D eigenvalue weighted by molar-refractivity contribution is 0.215. The van der Waals surface area contributed by atoms with Gasteiger partial charge in [0, 0.05) is 25.7 Å². The lowest BCUT2D eigenvalue weighted by atomic mass is 10.3. The summed E-state index contributed by atoms with van der Waals surface area (Å²) in [6, 6.07) is 2.33. The molecule has 1 fully saturated rings. The Morgan fingerprint density at radius 1 is 1.71 bits per heavy atom. The van der Waals surface area contributed by atoms with E-state index in [0.717, 1.165) is 4.90 Å². The molecule has 1 N–H and O–H groups in total. The number of amides is 2. The van der Waals surface area contributed by atoms with Gasteiger partial charge in [0.2, 0.25) is 0 Å². The van der Waals surface area contributed by atoms with Crippen molar-refractivity contribution in [2.45, 2.75) is 6.54 Å². The number of nitrogens with one attached hydrogen (secondary N) is 1. The van der Waals surface area contributed by atoms with Gasteiger partial charge in [0.1, 0.15) is 5.15 Å². The third kappa shape index (κ3) is 1.96. The van der Waals surface area contributed by atoms with Crippen molar-refractivity contribution in [3.8, 4) is 0 Å². The standard InChI is InChI=1S/C9H10ClN3O/c10-8-2-1-7(5-12-8)6-13-4-3-11-9(13)14/h1-2,5H,3-4,6H2,(H,11,14)/i3D2,4D2. The molecule has 2 amide bonds. The van der Waals surface area contributed by atoms with Gasteiger partial charge in [-0.15, -0.1) is 0 Å². The molecule has 0 spiro atoms. The first-order chi connectivity index (χ1) is 8.24. The number of urea groups is 1. The van der Waals surface area contributed by atoms with Crippen LogP contribution in [-0.4, -0.2) is 28.9 Å². The molecule has 1 aliphatic heterocycles. The molecule has 0 unspecified atom stereocenters. The third-order valence-electron chi connectivity index (χ3n) is 1.73. The predicted molar refractivity (Wildman–Crippen MR) is 53.1 cm³/mol. The van der Waals surface area contributed by atoms with Crippen LogP contribution in [0.4, 0.5) is 4.79 Å². The zero-order valence-electron chi connectivity index (χ0n) is 11.1. The number of halogens is 1. The van der Waals surface area contributed by atoms with Crippen LogP contribution in [0.15, 0.2) is 18.3 Å². The van der Waals surface area contributed by atoms with E-state index in [-0.39, 0.29) is 6.54 Å². The second-order valence-corrected chi connectivity index (χ2v) is 3.13. The molecule has 0 radical (unpaired) electrons. The summed E-state index contributed by atoms with van der Waals surface area (Å²) in [5, 5.41) is 2.26. The Kier molecular flexibility index (Phi) is 1.52. The number of nitrogens with zero attached hydrogens (tertiary/aromatic N) is 2. The van der Waals surface area contributed by atoms with E-state index < -0.39 is 19.0 Å². The average Bonchev–Trinajstić information content (AvgIpc) is 2.40. The Hall–Kier alpha value is -1.29. The molecule has 4 nitrogen and oxygen atoms in total. The summed E-state index contributed by atoms with van der Waals surface area (Å²) in [6.45, 7) is -4.93. The summed E-state index contributed by atoms with van der Waals surface area (Å²) in [5.41, 5.74) is 0.566. The Bertz CT molecular complexity index is 479. The van der Waals surface area contributed by atoms with Crippen molar-refractivity contribution in [1.29, 1.82) is 0 Å². The highest BCUT2D eigenvalue weighted by molar-refractivity contribution is 6.29. The topological polar surface area (TPSA) is 45.2 Å². The van der Waals surface area contributed by atoms with Crippen LogP contribution >= 0.6 is 11.6 Å². The van der Waals surface area contributed by atoms with Crippen LogP contribution in [0.2, 0.25) is 5.15 Å². The van der Waals surface area contributed by atoms with Gasteiger partial charge in [-0.25, -0.2) is 9.78 Å². The summed E-state index contributed by atoms with van der Waals surface area (Å²) in [5.74, 6) is 0. The summed E-state index contributed by atoms with van der Waals surface area (Å²) in [4.78, 5) is 16.2. The zero-order chi connectivity index (χ0) is 13.6. The van der Waals surface area contributed by atoms with Gasteiger partial charge in [-0.05, 0) is 11.6 Å². The number of pyridine rings is 1. The Morgan fingerprint density at radius 3 is 3.14 bits per heavy atom. The van der Waals surface area contributed by atoms with Crippen LogP contribution in [0.25, 0.3) is 0 Å². The molecule has 14 heavy (non-hydrogen) atoms. The van der Waals surface area contributed by atoms with Crippen molar-refractivity contribution < 1.29 is 10.3 Å². The van der Waals surface area contributed by atoms with Gasteiger partial charge in [-0.1, -0.05) is 17.7 Å². The molecule has 2 rings (SSSR count). The molecule has 74 valence electrons. The van der Waals surface area contributed by atoms with E-state index in [0.29, 0.717) is 10.7 Å². The van der Waals surface area contributed by atoms with Crippen LogP contribution in [0.3, 0.4) is 0 Å². The van der Waals surface area contributed by atoms with Crippen molar-refractivity contribution >= 4 is 17.6 Å². The van der Waals surface area contributed by atoms with Crippen molar-refractivity contribution in [3.63, 3.8) is 0 Å². The van der Waals surface area contributed by atoms with E-state index in [1.54, 1.807) is 6.07 Å². The SMILES string of the molecule is [2H]C1([2H])NC(=O)N(Cc2ccc(Cl)nc2)C1([2H])[2H]. The van der Waals surface area contributed by atoms with Crippen LogP contribution in [0, 0.1) is 0 Å². The Morgan fingerprint density at radius 2 is 2.57 bits per heavy atom. The highest BCUT2D eigenvalue weighted by Gasteiger charge is 2.19. The summed E-state index contributed by atoms with van der Waals surface area (Å²) < 4.78 is 30.2. The maximum atomic E-state index is 11.6. The van der Waals surface area contributed by atoms with Gasteiger partial charge in [0.05, 0.1) is 5.48 Å². The largest absolute Gasteiger partial charge is 0.336 e. The highest BCUT2D eigenvalue weighted by Crippen LogP contribution is 2.09. The number of carbonyl (C=O) groups excluding carboxylic acids is 1. The molecule has 1 saturated heterocycles. The van der Waals surface area contributed by atoms with Gasteiger partial charge in [-0.3, -0.25) is 0 Å². The average molecular weight is 216 g/mol. The van der Waals surface area contributed by atoms with Crippen LogP contribution in [0.5, 0.6) is 0 Å². The minimum Gasteiger partial charge on any atom is -0.336 e. The number of hydrogen-bond donors (Lipinski definition) is 1. The van der Waals surface area contributed by atoms with Gasteiger partial charge in [0.25, 0.3) is 0 Å². The van der Waals surface area contributed by atoms with E-state index in [9.17, 15) is 4.79 Å². The fourth-order valence-corrected chi connectivity index (χ4v) is 1.17. The highest BCUT2D eigenvalue weighted by atomic mass is 35.5. The molecule has 5 heteroatoms. The molecule has 1 aromatic rings.